The molecule has 0 aliphatic heterocycles. The Labute approximate surface area is 157 Å². The second-order valence-electron chi connectivity index (χ2n) is 5.71. The predicted molar refractivity (Wildman–Crippen MR) is 104 cm³/mol. The van der Waals surface area contributed by atoms with E-state index in [9.17, 15) is 4.79 Å². The predicted octanol–water partition coefficient (Wildman–Crippen LogP) is 4.45. The Morgan fingerprint density at radius 2 is 1.96 bits per heavy atom. The van der Waals surface area contributed by atoms with Crippen LogP contribution in [0.15, 0.2) is 46.9 Å². The van der Waals surface area contributed by atoms with Crippen LogP contribution in [0.4, 0.5) is 0 Å². The van der Waals surface area contributed by atoms with E-state index in [2.05, 4.69) is 15.9 Å². The molecular weight excluding hydrogens is 382 g/mol. The molecule has 0 aromatic heterocycles. The minimum Gasteiger partial charge on any atom is -0.493 e. The highest BCUT2D eigenvalue weighted by Crippen LogP contribution is 2.31. The van der Waals surface area contributed by atoms with Gasteiger partial charge in [-0.05, 0) is 36.3 Å². The van der Waals surface area contributed by atoms with Crippen molar-refractivity contribution in [2.24, 2.45) is 0 Å². The first-order valence-electron chi connectivity index (χ1n) is 7.85. The highest BCUT2D eigenvalue weighted by Gasteiger charge is 2.13. The second kappa shape index (κ2) is 8.72. The van der Waals surface area contributed by atoms with Crippen LogP contribution < -0.4 is 9.47 Å². The Kier molecular flexibility index (Phi) is 6.65. The minimum absolute atomic E-state index is 0.0858. The zero-order valence-electron chi connectivity index (χ0n) is 14.9. The first-order chi connectivity index (χ1) is 12.0. The van der Waals surface area contributed by atoms with E-state index in [0.29, 0.717) is 18.0 Å². The van der Waals surface area contributed by atoms with E-state index < -0.39 is 0 Å². The fraction of sp³-hybridized carbons (Fsp3) is 0.250. The van der Waals surface area contributed by atoms with Gasteiger partial charge in [0.1, 0.15) is 0 Å². The molecule has 0 saturated heterocycles. The third kappa shape index (κ3) is 4.86. The number of likely N-dealkylation sites (N-methyl/N-ethyl adjacent to an activating group) is 1. The van der Waals surface area contributed by atoms with E-state index in [0.717, 1.165) is 21.2 Å². The first kappa shape index (κ1) is 19.1. The summed E-state index contributed by atoms with van der Waals surface area (Å²) in [6.07, 6.45) is 3.38. The maximum Gasteiger partial charge on any atom is 0.246 e. The number of methoxy groups -OCH3 is 2. The van der Waals surface area contributed by atoms with Gasteiger partial charge in [0.25, 0.3) is 0 Å². The van der Waals surface area contributed by atoms with Gasteiger partial charge < -0.3 is 14.4 Å². The summed E-state index contributed by atoms with van der Waals surface area (Å²) in [4.78, 5) is 14.0. The summed E-state index contributed by atoms with van der Waals surface area (Å²) in [6.45, 7) is 2.46. The number of halogens is 1. The number of hydrogen-bond donors (Lipinski definition) is 0. The molecule has 0 spiro atoms. The summed E-state index contributed by atoms with van der Waals surface area (Å²) in [5, 5.41) is 0. The van der Waals surface area contributed by atoms with Gasteiger partial charge in [0.05, 0.1) is 14.2 Å². The summed E-state index contributed by atoms with van der Waals surface area (Å²) in [6, 6.07) is 11.7. The van der Waals surface area contributed by atoms with Gasteiger partial charge >= 0.3 is 0 Å². The van der Waals surface area contributed by atoms with E-state index in [1.54, 1.807) is 32.2 Å². The molecule has 0 saturated carbocycles. The standard InChI is InChI=1S/C20H22BrNO3/c1-14-8-9-15(17(21)12-14)10-11-19(23)22(2)13-16-6-5-7-18(24-3)20(16)25-4/h5-12H,13H2,1-4H3/b11-10+. The molecule has 4 nitrogen and oxygen atoms in total. The SMILES string of the molecule is COc1cccc(CN(C)C(=O)/C=C/c2ccc(C)cc2Br)c1OC. The highest BCUT2D eigenvalue weighted by molar-refractivity contribution is 9.10. The van der Waals surface area contributed by atoms with Crippen molar-refractivity contribution in [2.45, 2.75) is 13.5 Å². The third-order valence-electron chi connectivity index (χ3n) is 3.83. The molecule has 0 bridgehead atoms. The first-order valence-corrected chi connectivity index (χ1v) is 8.64. The monoisotopic (exact) mass is 403 g/mol. The summed E-state index contributed by atoms with van der Waals surface area (Å²) in [5.74, 6) is 1.22. The van der Waals surface area contributed by atoms with Crippen molar-refractivity contribution < 1.29 is 14.3 Å². The van der Waals surface area contributed by atoms with E-state index >= 15 is 0 Å². The summed E-state index contributed by atoms with van der Waals surface area (Å²) in [7, 11) is 4.95. The molecule has 2 rings (SSSR count). The van der Waals surface area contributed by atoms with Gasteiger partial charge in [0.15, 0.2) is 11.5 Å². The summed E-state index contributed by atoms with van der Waals surface area (Å²) in [5.41, 5.74) is 3.02. The molecule has 0 unspecified atom stereocenters. The average Bonchev–Trinajstić information content (AvgIpc) is 2.60. The number of nitrogens with zero attached hydrogens (tertiary/aromatic N) is 1. The second-order valence-corrected chi connectivity index (χ2v) is 6.56. The van der Waals surface area contributed by atoms with Crippen LogP contribution in [0.1, 0.15) is 16.7 Å². The zero-order valence-corrected chi connectivity index (χ0v) is 16.5. The molecule has 0 fully saturated rings. The lowest BCUT2D eigenvalue weighted by Crippen LogP contribution is -2.24. The van der Waals surface area contributed by atoms with Crippen LogP contribution in [0.2, 0.25) is 0 Å². The van der Waals surface area contributed by atoms with E-state index in [1.165, 1.54) is 0 Å². The third-order valence-corrected chi connectivity index (χ3v) is 4.52. The maximum absolute atomic E-state index is 12.4. The topological polar surface area (TPSA) is 38.8 Å². The minimum atomic E-state index is -0.0858. The quantitative estimate of drug-likeness (QED) is 0.668. The smallest absolute Gasteiger partial charge is 0.246 e. The molecule has 2 aromatic carbocycles. The number of rotatable bonds is 6. The van der Waals surface area contributed by atoms with Crippen LogP contribution in [-0.4, -0.2) is 32.1 Å². The van der Waals surface area contributed by atoms with E-state index in [4.69, 9.17) is 9.47 Å². The van der Waals surface area contributed by atoms with Crippen molar-refractivity contribution in [1.82, 2.24) is 4.90 Å². The van der Waals surface area contributed by atoms with Crippen molar-refractivity contribution in [1.29, 1.82) is 0 Å². The van der Waals surface area contributed by atoms with Gasteiger partial charge in [-0.15, -0.1) is 0 Å². The summed E-state index contributed by atoms with van der Waals surface area (Å²) < 4.78 is 11.7. The number of carbonyl (C=O) groups excluding carboxylic acids is 1. The number of benzene rings is 2. The molecule has 0 N–H and O–H groups in total. The van der Waals surface area contributed by atoms with Crippen LogP contribution in [0.3, 0.4) is 0 Å². The van der Waals surface area contributed by atoms with Crippen LogP contribution >= 0.6 is 15.9 Å². The Hall–Kier alpha value is -2.27. The number of para-hydroxylation sites is 1. The molecule has 5 heteroatoms. The van der Waals surface area contributed by atoms with Crippen LogP contribution in [0.5, 0.6) is 11.5 Å². The van der Waals surface area contributed by atoms with Gasteiger partial charge in [-0.1, -0.05) is 40.2 Å². The van der Waals surface area contributed by atoms with Gasteiger partial charge in [0, 0.05) is 29.7 Å². The lowest BCUT2D eigenvalue weighted by molar-refractivity contribution is -0.125. The van der Waals surface area contributed by atoms with Gasteiger partial charge in [-0.25, -0.2) is 0 Å². The molecule has 0 aliphatic carbocycles. The Morgan fingerprint density at radius 1 is 1.20 bits per heavy atom. The molecule has 0 atom stereocenters. The number of hydrogen-bond acceptors (Lipinski definition) is 3. The Morgan fingerprint density at radius 3 is 2.60 bits per heavy atom. The largest absolute Gasteiger partial charge is 0.493 e. The van der Waals surface area contributed by atoms with Gasteiger partial charge in [-0.2, -0.15) is 0 Å². The molecule has 25 heavy (non-hydrogen) atoms. The average molecular weight is 404 g/mol. The van der Waals surface area contributed by atoms with Crippen molar-refractivity contribution in [3.63, 3.8) is 0 Å². The van der Waals surface area contributed by atoms with Crippen LogP contribution in [-0.2, 0) is 11.3 Å². The lowest BCUT2D eigenvalue weighted by atomic mass is 10.1. The molecule has 0 heterocycles. The molecule has 0 aliphatic rings. The maximum atomic E-state index is 12.4. The number of ether oxygens (including phenoxy) is 2. The lowest BCUT2D eigenvalue weighted by Gasteiger charge is -2.18. The zero-order chi connectivity index (χ0) is 18.4. The van der Waals surface area contributed by atoms with Crippen LogP contribution in [0.25, 0.3) is 6.08 Å². The van der Waals surface area contributed by atoms with Crippen molar-refractivity contribution in [3.05, 3.63) is 63.6 Å². The Bertz CT molecular complexity index is 787. The molecule has 132 valence electrons. The van der Waals surface area contributed by atoms with E-state index in [1.807, 2.05) is 49.4 Å². The highest BCUT2D eigenvalue weighted by atomic mass is 79.9. The summed E-state index contributed by atoms with van der Waals surface area (Å²) >= 11 is 3.52. The normalized spacial score (nSPS) is 10.8. The number of amides is 1. The van der Waals surface area contributed by atoms with Crippen molar-refractivity contribution in [3.8, 4) is 11.5 Å². The van der Waals surface area contributed by atoms with Crippen molar-refractivity contribution >= 4 is 27.9 Å². The fourth-order valence-corrected chi connectivity index (χ4v) is 3.09. The van der Waals surface area contributed by atoms with Crippen molar-refractivity contribution in [2.75, 3.05) is 21.3 Å². The Balaban J connectivity index is 2.12. The molecule has 2 aromatic rings. The van der Waals surface area contributed by atoms with E-state index in [-0.39, 0.29) is 5.91 Å². The molecule has 0 radical (unpaired) electrons. The van der Waals surface area contributed by atoms with Gasteiger partial charge in [-0.3, -0.25) is 4.79 Å². The molecular formula is C20H22BrNO3. The fourth-order valence-electron chi connectivity index (χ4n) is 2.47. The molecule has 1 amide bonds. The number of carbonyl (C=O) groups is 1. The van der Waals surface area contributed by atoms with Crippen LogP contribution in [0, 0.1) is 6.92 Å². The van der Waals surface area contributed by atoms with Gasteiger partial charge in [0.2, 0.25) is 5.91 Å². The number of aryl methyl sites for hydroxylation is 1.